The minimum absolute atomic E-state index is 0.194. The van der Waals surface area contributed by atoms with Gasteiger partial charge in [0.05, 0.1) is 6.26 Å². The number of furan rings is 1. The number of rotatable bonds is 5. The van der Waals surface area contributed by atoms with Gasteiger partial charge < -0.3 is 19.8 Å². The molecule has 1 unspecified atom stereocenters. The van der Waals surface area contributed by atoms with E-state index in [2.05, 4.69) is 10.6 Å². The molecule has 0 bridgehead atoms. The van der Waals surface area contributed by atoms with Crippen LogP contribution in [0.1, 0.15) is 56.2 Å². The highest BCUT2D eigenvalue weighted by atomic mass is 16.6. The normalized spacial score (nSPS) is 16.5. The van der Waals surface area contributed by atoms with Gasteiger partial charge in [-0.2, -0.15) is 0 Å². The van der Waals surface area contributed by atoms with E-state index >= 15 is 0 Å². The van der Waals surface area contributed by atoms with Crippen molar-refractivity contribution in [3.05, 3.63) is 54.0 Å². The molecular weight excluding hydrogens is 398 g/mol. The summed E-state index contributed by atoms with van der Waals surface area (Å²) in [5.74, 6) is -0.287. The molecule has 0 spiro atoms. The molecule has 0 aliphatic carbocycles. The smallest absolute Gasteiger partial charge is 0.410 e. The monoisotopic (exact) mass is 427 g/mol. The van der Waals surface area contributed by atoms with Crippen molar-refractivity contribution in [2.45, 2.75) is 58.2 Å². The summed E-state index contributed by atoms with van der Waals surface area (Å²) in [6.07, 6.45) is 3.35. The molecule has 8 heteroatoms. The molecule has 166 valence electrons. The molecule has 0 radical (unpaired) electrons. The number of likely N-dealkylation sites (tertiary alicyclic amines) is 1. The van der Waals surface area contributed by atoms with E-state index in [9.17, 15) is 14.4 Å². The van der Waals surface area contributed by atoms with E-state index in [4.69, 9.17) is 9.15 Å². The Morgan fingerprint density at radius 2 is 1.87 bits per heavy atom. The Morgan fingerprint density at radius 3 is 2.52 bits per heavy atom. The van der Waals surface area contributed by atoms with Crippen LogP contribution in [-0.2, 0) is 16.1 Å². The molecule has 3 amide bonds. The first kappa shape index (κ1) is 22.4. The lowest BCUT2D eigenvalue weighted by atomic mass is 10.0. The van der Waals surface area contributed by atoms with Crippen LogP contribution >= 0.6 is 0 Å². The number of hydrogen-bond donors (Lipinski definition) is 2. The van der Waals surface area contributed by atoms with Crippen LogP contribution in [0.5, 0.6) is 0 Å². The second-order valence-corrected chi connectivity index (χ2v) is 8.53. The molecule has 1 saturated heterocycles. The largest absolute Gasteiger partial charge is 0.459 e. The van der Waals surface area contributed by atoms with Crippen molar-refractivity contribution >= 4 is 23.6 Å². The lowest BCUT2D eigenvalue weighted by Gasteiger charge is -2.35. The second kappa shape index (κ2) is 9.68. The summed E-state index contributed by atoms with van der Waals surface area (Å²) >= 11 is 0. The molecule has 1 aromatic heterocycles. The van der Waals surface area contributed by atoms with Crippen LogP contribution in [-0.4, -0.2) is 41.0 Å². The fraction of sp³-hybridized carbons (Fsp3) is 0.435. The average molecular weight is 428 g/mol. The highest BCUT2D eigenvalue weighted by molar-refractivity contribution is 6.02. The number of amides is 3. The Balaban J connectivity index is 1.54. The third-order valence-electron chi connectivity index (χ3n) is 4.86. The highest BCUT2D eigenvalue weighted by Crippen LogP contribution is 2.21. The Morgan fingerprint density at radius 1 is 1.13 bits per heavy atom. The Bertz CT molecular complexity index is 900. The summed E-state index contributed by atoms with van der Waals surface area (Å²) in [6.45, 7) is 6.26. The van der Waals surface area contributed by atoms with Crippen LogP contribution in [0.2, 0.25) is 0 Å². The van der Waals surface area contributed by atoms with Gasteiger partial charge in [-0.05, 0) is 69.9 Å². The minimum Gasteiger partial charge on any atom is -0.459 e. The molecule has 2 heterocycles. The molecule has 1 aliphatic rings. The predicted molar refractivity (Wildman–Crippen MR) is 116 cm³/mol. The minimum atomic E-state index is -0.607. The van der Waals surface area contributed by atoms with E-state index in [1.54, 1.807) is 24.3 Å². The van der Waals surface area contributed by atoms with E-state index in [-0.39, 0.29) is 17.6 Å². The lowest BCUT2D eigenvalue weighted by Crippen LogP contribution is -2.52. The number of anilines is 1. The van der Waals surface area contributed by atoms with Crippen LogP contribution in [0.15, 0.2) is 47.1 Å². The molecular formula is C23H29N3O5. The molecule has 31 heavy (non-hydrogen) atoms. The summed E-state index contributed by atoms with van der Waals surface area (Å²) in [7, 11) is 0. The maximum Gasteiger partial charge on any atom is 0.410 e. The van der Waals surface area contributed by atoms with Gasteiger partial charge >= 0.3 is 6.09 Å². The molecule has 2 aromatic rings. The maximum atomic E-state index is 12.8. The van der Waals surface area contributed by atoms with Crippen molar-refractivity contribution < 1.29 is 23.5 Å². The van der Waals surface area contributed by atoms with Gasteiger partial charge in [0, 0.05) is 18.8 Å². The first-order valence-electron chi connectivity index (χ1n) is 10.4. The fourth-order valence-corrected chi connectivity index (χ4v) is 3.36. The summed E-state index contributed by atoms with van der Waals surface area (Å²) in [4.78, 5) is 38.8. The number of carbonyl (C=O) groups excluding carboxylic acids is 3. The molecule has 3 rings (SSSR count). The maximum absolute atomic E-state index is 12.8. The molecule has 8 nitrogen and oxygen atoms in total. The van der Waals surface area contributed by atoms with Gasteiger partial charge in [0.25, 0.3) is 5.91 Å². The number of nitrogens with zero attached hydrogens (tertiary/aromatic N) is 1. The van der Waals surface area contributed by atoms with Gasteiger partial charge in [-0.1, -0.05) is 12.1 Å². The van der Waals surface area contributed by atoms with Crippen molar-refractivity contribution in [2.24, 2.45) is 0 Å². The topological polar surface area (TPSA) is 101 Å². The van der Waals surface area contributed by atoms with Crippen LogP contribution in [0, 0.1) is 0 Å². The Hall–Kier alpha value is -3.29. The standard InChI is InChI=1S/C23H29N3O5/c1-23(2,3)31-22(29)26-13-5-4-7-18(26)20(27)24-15-16-9-11-17(12-10-16)25-21(28)19-8-6-14-30-19/h6,8-12,14,18H,4-5,7,13,15H2,1-3H3,(H,24,27)(H,25,28). The number of nitrogens with one attached hydrogen (secondary N) is 2. The molecule has 1 aliphatic heterocycles. The zero-order valence-electron chi connectivity index (χ0n) is 18.1. The third-order valence-corrected chi connectivity index (χ3v) is 4.86. The number of hydrogen-bond acceptors (Lipinski definition) is 5. The highest BCUT2D eigenvalue weighted by Gasteiger charge is 2.34. The number of carbonyl (C=O) groups is 3. The van der Waals surface area contributed by atoms with Gasteiger partial charge in [0.1, 0.15) is 11.6 Å². The predicted octanol–water partition coefficient (Wildman–Crippen LogP) is 3.94. The summed E-state index contributed by atoms with van der Waals surface area (Å²) in [6, 6.07) is 9.87. The van der Waals surface area contributed by atoms with Crippen LogP contribution < -0.4 is 10.6 Å². The van der Waals surface area contributed by atoms with Crippen molar-refractivity contribution in [3.63, 3.8) is 0 Å². The number of piperidine rings is 1. The fourth-order valence-electron chi connectivity index (χ4n) is 3.36. The van der Waals surface area contributed by atoms with Crippen molar-refractivity contribution in [1.29, 1.82) is 0 Å². The van der Waals surface area contributed by atoms with Gasteiger partial charge in [-0.25, -0.2) is 4.79 Å². The summed E-state index contributed by atoms with van der Waals surface area (Å²) in [5.41, 5.74) is 0.896. The molecule has 1 aromatic carbocycles. The Labute approximate surface area is 181 Å². The van der Waals surface area contributed by atoms with E-state index in [1.165, 1.54) is 11.2 Å². The zero-order valence-corrected chi connectivity index (χ0v) is 18.1. The number of benzene rings is 1. The second-order valence-electron chi connectivity index (χ2n) is 8.53. The van der Waals surface area contributed by atoms with E-state index in [1.807, 2.05) is 32.9 Å². The van der Waals surface area contributed by atoms with Crippen molar-refractivity contribution in [1.82, 2.24) is 10.2 Å². The Kier molecular flexibility index (Phi) is 6.99. The third kappa shape index (κ3) is 6.34. The van der Waals surface area contributed by atoms with E-state index in [0.29, 0.717) is 25.2 Å². The quantitative estimate of drug-likeness (QED) is 0.753. The first-order valence-corrected chi connectivity index (χ1v) is 10.4. The van der Waals surface area contributed by atoms with Gasteiger partial charge in [0.15, 0.2) is 5.76 Å². The molecule has 1 atom stereocenters. The van der Waals surface area contributed by atoms with Crippen LogP contribution in [0.4, 0.5) is 10.5 Å². The van der Waals surface area contributed by atoms with Crippen molar-refractivity contribution in [2.75, 3.05) is 11.9 Å². The molecule has 0 saturated carbocycles. The summed E-state index contributed by atoms with van der Waals surface area (Å²) in [5, 5.41) is 5.66. The van der Waals surface area contributed by atoms with E-state index in [0.717, 1.165) is 18.4 Å². The first-order chi connectivity index (χ1) is 14.7. The molecule has 2 N–H and O–H groups in total. The summed E-state index contributed by atoms with van der Waals surface area (Å²) < 4.78 is 10.5. The lowest BCUT2D eigenvalue weighted by molar-refractivity contribution is -0.127. The van der Waals surface area contributed by atoms with Gasteiger partial charge in [-0.15, -0.1) is 0 Å². The van der Waals surface area contributed by atoms with Crippen LogP contribution in [0.25, 0.3) is 0 Å². The SMILES string of the molecule is CC(C)(C)OC(=O)N1CCCCC1C(=O)NCc1ccc(NC(=O)c2ccco2)cc1. The van der Waals surface area contributed by atoms with E-state index < -0.39 is 17.7 Å². The molecule has 1 fully saturated rings. The van der Waals surface area contributed by atoms with Gasteiger partial charge in [0.2, 0.25) is 5.91 Å². The average Bonchev–Trinajstić information content (AvgIpc) is 3.27. The van der Waals surface area contributed by atoms with Gasteiger partial charge in [-0.3, -0.25) is 14.5 Å². The van der Waals surface area contributed by atoms with Crippen LogP contribution in [0.3, 0.4) is 0 Å². The number of ether oxygens (including phenoxy) is 1. The zero-order chi connectivity index (χ0) is 22.4. The van der Waals surface area contributed by atoms with Crippen molar-refractivity contribution in [3.8, 4) is 0 Å².